The molecule has 1 aromatic rings. The maximum atomic E-state index is 14.4. The first kappa shape index (κ1) is 67.3. The summed E-state index contributed by atoms with van der Waals surface area (Å²) >= 11 is 0. The van der Waals surface area contributed by atoms with Gasteiger partial charge in [0, 0.05) is 13.0 Å². The van der Waals surface area contributed by atoms with Crippen LogP contribution in [0.15, 0.2) is 30.3 Å². The highest BCUT2D eigenvalue weighted by molar-refractivity contribution is 5.98. The third-order valence-corrected chi connectivity index (χ3v) is 13.0. The molecule has 0 radical (unpaired) electrons. The zero-order chi connectivity index (χ0) is 58.5. The van der Waals surface area contributed by atoms with Crippen LogP contribution in [0.1, 0.15) is 124 Å². The molecule has 1 fully saturated rings. The van der Waals surface area contributed by atoms with Gasteiger partial charge in [0.15, 0.2) is 0 Å². The van der Waals surface area contributed by atoms with E-state index in [1.54, 1.807) is 44.2 Å². The predicted octanol–water partition coefficient (Wildman–Crippen LogP) is -2.87. The van der Waals surface area contributed by atoms with Gasteiger partial charge in [-0.1, -0.05) is 64.4 Å². The maximum absolute atomic E-state index is 14.4. The second-order valence-corrected chi connectivity index (χ2v) is 20.5. The second-order valence-electron chi connectivity index (χ2n) is 20.5. The fourth-order valence-corrected chi connectivity index (χ4v) is 8.63. The number of carbonyl (C=O) groups excluding carboxylic acids is 10. The molecule has 0 spiro atoms. The molecule has 1 aliphatic rings. The van der Waals surface area contributed by atoms with Gasteiger partial charge in [0.1, 0.15) is 48.3 Å². The number of benzene rings is 1. The van der Waals surface area contributed by atoms with E-state index in [2.05, 4.69) is 42.5 Å². The van der Waals surface area contributed by atoms with E-state index in [0.29, 0.717) is 83.0 Å². The molecule has 10 amide bonds. The SMILES string of the molecule is CC(C)C[C@H](NC(=O)[C@H](Cc1ccccc1)NC(=O)[C@H](C)NC(=O)[C@H](CCCCN)NC(=O)[C@@H]1CCCN1C(=O)[C@@H](N)CCCCN)C(=O)N[C@@H](CCCCN)C(=O)N[C@H](C(=O)NCC(=O)N[C@@H](CC(N)=O)C(=O)O)C(C)C. The lowest BCUT2D eigenvalue weighted by Gasteiger charge is -2.29. The van der Waals surface area contributed by atoms with Crippen molar-refractivity contribution >= 4 is 65.0 Å². The number of hydrogen-bond acceptors (Lipinski definition) is 15. The first-order chi connectivity index (χ1) is 36.9. The molecule has 0 aromatic heterocycles. The molecule has 2 rings (SSSR count). The van der Waals surface area contributed by atoms with Crippen LogP contribution in [-0.2, 0) is 59.2 Å². The summed E-state index contributed by atoms with van der Waals surface area (Å²) in [6.07, 6.45) is 4.12. The Hall–Kier alpha value is -6.77. The number of carboxylic acid groups (broad SMARTS) is 1. The zero-order valence-electron chi connectivity index (χ0n) is 45.9. The monoisotopic (exact) mass is 1100 g/mol. The van der Waals surface area contributed by atoms with E-state index in [4.69, 9.17) is 28.7 Å². The molecule has 438 valence electrons. The van der Waals surface area contributed by atoms with Gasteiger partial charge in [-0.15, -0.1) is 0 Å². The third kappa shape index (κ3) is 24.3. The number of carbonyl (C=O) groups is 11. The van der Waals surface area contributed by atoms with E-state index >= 15 is 0 Å². The van der Waals surface area contributed by atoms with E-state index in [-0.39, 0.29) is 44.1 Å². The molecule has 1 saturated heterocycles. The summed E-state index contributed by atoms with van der Waals surface area (Å²) in [5, 5.41) is 30.1. The Kier molecular flexibility index (Phi) is 30.7. The molecule has 0 unspecified atom stereocenters. The minimum Gasteiger partial charge on any atom is -0.480 e. The van der Waals surface area contributed by atoms with Gasteiger partial charge in [0.25, 0.3) is 0 Å². The summed E-state index contributed by atoms with van der Waals surface area (Å²) in [5.41, 5.74) is 29.0. The molecule has 26 heteroatoms. The highest BCUT2D eigenvalue weighted by Gasteiger charge is 2.39. The van der Waals surface area contributed by atoms with E-state index in [0.717, 1.165) is 0 Å². The Morgan fingerprint density at radius 1 is 0.615 bits per heavy atom. The van der Waals surface area contributed by atoms with E-state index in [1.165, 1.54) is 11.8 Å². The van der Waals surface area contributed by atoms with Crippen molar-refractivity contribution in [3.8, 4) is 0 Å². The average Bonchev–Trinajstić information content (AvgIpc) is 3.88. The molecule has 0 saturated carbocycles. The van der Waals surface area contributed by atoms with Crippen molar-refractivity contribution in [3.05, 3.63) is 35.9 Å². The van der Waals surface area contributed by atoms with Gasteiger partial charge in [0.05, 0.1) is 19.0 Å². The van der Waals surface area contributed by atoms with Crippen molar-refractivity contribution in [2.75, 3.05) is 32.7 Å². The number of rotatable bonds is 37. The molecule has 9 atom stereocenters. The average molecular weight is 1100 g/mol. The smallest absolute Gasteiger partial charge is 0.326 e. The van der Waals surface area contributed by atoms with Gasteiger partial charge < -0.3 is 81.2 Å². The first-order valence-corrected chi connectivity index (χ1v) is 27.0. The van der Waals surface area contributed by atoms with Crippen LogP contribution in [0.25, 0.3) is 0 Å². The summed E-state index contributed by atoms with van der Waals surface area (Å²) in [7, 11) is 0. The van der Waals surface area contributed by atoms with Crippen LogP contribution in [0, 0.1) is 11.8 Å². The summed E-state index contributed by atoms with van der Waals surface area (Å²) in [6.45, 7) is 8.96. The topological polar surface area (TPSA) is 438 Å². The molecular weight excluding hydrogens is 1010 g/mol. The van der Waals surface area contributed by atoms with Crippen molar-refractivity contribution < 1.29 is 57.8 Å². The predicted molar refractivity (Wildman–Crippen MR) is 290 cm³/mol. The molecule has 78 heavy (non-hydrogen) atoms. The van der Waals surface area contributed by atoms with Crippen molar-refractivity contribution in [2.24, 2.45) is 40.5 Å². The standard InChI is InChI=1S/C52H88N14O12/c1-30(2)26-37(47(72)61-36(20-11-14-24-55)46(71)65-43(31(3)4)50(75)58-29-42(68)60-39(52(77)78)28-41(57)67)64-48(73)38(27-33-16-7-6-8-17-33)63-44(69)32(5)59-45(70)35(19-10-13-23-54)62-49(74)40-21-15-25-66(40)51(76)34(56)18-9-12-22-53/h6-8,16-17,30-32,34-40,43H,9-15,18-29,53-56H2,1-5H3,(H2,57,67)(H,58,75)(H,59,70)(H,60,68)(H,61,72)(H,62,74)(H,63,69)(H,64,73)(H,65,71)(H,77,78)/t32-,34-,35-,36-,37-,38-,39-,40-,43-/m0/s1. The van der Waals surface area contributed by atoms with Gasteiger partial charge in [-0.05, 0) is 115 Å². The van der Waals surface area contributed by atoms with Crippen molar-refractivity contribution in [1.82, 2.24) is 47.4 Å². The lowest BCUT2D eigenvalue weighted by molar-refractivity contribution is -0.143. The summed E-state index contributed by atoms with van der Waals surface area (Å²) < 4.78 is 0. The Morgan fingerprint density at radius 3 is 1.69 bits per heavy atom. The number of aliphatic carboxylic acids is 1. The van der Waals surface area contributed by atoms with Gasteiger partial charge in [-0.3, -0.25) is 47.9 Å². The Bertz CT molecular complexity index is 2150. The van der Waals surface area contributed by atoms with Crippen molar-refractivity contribution in [3.63, 3.8) is 0 Å². The molecular formula is C52H88N14O12. The van der Waals surface area contributed by atoms with Gasteiger partial charge in [-0.25, -0.2) is 4.79 Å². The molecule has 0 aliphatic carbocycles. The second kappa shape index (κ2) is 35.6. The number of primary amides is 1. The van der Waals surface area contributed by atoms with Crippen LogP contribution in [0.2, 0.25) is 0 Å². The van der Waals surface area contributed by atoms with Crippen molar-refractivity contribution in [1.29, 1.82) is 0 Å². The minimum absolute atomic E-state index is 0.0435. The molecule has 1 aromatic carbocycles. The fraction of sp³-hybridized carbons (Fsp3) is 0.673. The maximum Gasteiger partial charge on any atom is 0.326 e. The van der Waals surface area contributed by atoms with Gasteiger partial charge >= 0.3 is 5.97 Å². The van der Waals surface area contributed by atoms with Gasteiger partial charge in [0.2, 0.25) is 59.1 Å². The number of nitrogens with zero attached hydrogens (tertiary/aromatic N) is 1. The molecule has 0 bridgehead atoms. The molecule has 1 aliphatic heterocycles. The summed E-state index contributed by atoms with van der Waals surface area (Å²) in [5.74, 6) is -9.61. The minimum atomic E-state index is -1.64. The third-order valence-electron chi connectivity index (χ3n) is 13.0. The number of carboxylic acids is 1. The molecule has 26 nitrogen and oxygen atoms in total. The van der Waals surface area contributed by atoms with Crippen molar-refractivity contribution in [2.45, 2.75) is 179 Å². The molecule has 19 N–H and O–H groups in total. The van der Waals surface area contributed by atoms with Crippen LogP contribution >= 0.6 is 0 Å². The largest absolute Gasteiger partial charge is 0.480 e. The highest BCUT2D eigenvalue weighted by Crippen LogP contribution is 2.20. The van der Waals surface area contributed by atoms with E-state index in [9.17, 15) is 57.8 Å². The number of nitrogens with two attached hydrogens (primary N) is 5. The van der Waals surface area contributed by atoms with Crippen LogP contribution < -0.4 is 71.2 Å². The molecule has 1 heterocycles. The van der Waals surface area contributed by atoms with Crippen LogP contribution in [-0.4, -0.2) is 162 Å². The quantitative estimate of drug-likeness (QED) is 0.0298. The summed E-state index contributed by atoms with van der Waals surface area (Å²) in [6, 6.07) is -1.98. The number of unbranched alkanes of at least 4 members (excludes halogenated alkanes) is 3. The number of hydrogen-bond donors (Lipinski definition) is 14. The lowest BCUT2D eigenvalue weighted by atomic mass is 9.99. The highest BCUT2D eigenvalue weighted by atomic mass is 16.4. The first-order valence-electron chi connectivity index (χ1n) is 27.0. The number of nitrogens with one attached hydrogen (secondary N) is 8. The van der Waals surface area contributed by atoms with Gasteiger partial charge in [-0.2, -0.15) is 0 Å². The van der Waals surface area contributed by atoms with E-state index < -0.39 is 132 Å². The van der Waals surface area contributed by atoms with Crippen LogP contribution in [0.4, 0.5) is 0 Å². The van der Waals surface area contributed by atoms with Crippen LogP contribution in [0.3, 0.4) is 0 Å². The summed E-state index contributed by atoms with van der Waals surface area (Å²) in [4.78, 5) is 148. The van der Waals surface area contributed by atoms with Crippen LogP contribution in [0.5, 0.6) is 0 Å². The number of likely N-dealkylation sites (tertiary alicyclic amines) is 1. The Balaban J connectivity index is 2.31. The lowest BCUT2D eigenvalue weighted by Crippen LogP contribution is -2.60. The Labute approximate surface area is 457 Å². The number of amides is 10. The van der Waals surface area contributed by atoms with E-state index in [1.807, 2.05) is 13.8 Å². The fourth-order valence-electron chi connectivity index (χ4n) is 8.63. The Morgan fingerprint density at radius 2 is 1.14 bits per heavy atom. The normalized spacial score (nSPS) is 16.2. The zero-order valence-corrected chi connectivity index (χ0v) is 45.9.